The number of carbonyl (C=O) groups excluding carboxylic acids is 1. The van der Waals surface area contributed by atoms with Crippen molar-refractivity contribution >= 4 is 5.78 Å². The monoisotopic (exact) mass is 191 g/mol. The zero-order chi connectivity index (χ0) is 10.2. The van der Waals surface area contributed by atoms with Crippen LogP contribution in [-0.4, -0.2) is 18.4 Å². The molecule has 0 aliphatic heterocycles. The zero-order valence-electron chi connectivity index (χ0n) is 8.12. The molecule has 2 rings (SSSR count). The lowest BCUT2D eigenvalue weighted by atomic mass is 10.0. The Bertz CT molecular complexity index is 369. The Kier molecular flexibility index (Phi) is 2.04. The summed E-state index contributed by atoms with van der Waals surface area (Å²) in [5, 5.41) is 0. The molecule has 0 heterocycles. The van der Waals surface area contributed by atoms with Crippen LogP contribution in [0.3, 0.4) is 0 Å². The smallest absolute Gasteiger partial charge is 0.186 e. The van der Waals surface area contributed by atoms with E-state index in [-0.39, 0.29) is 5.78 Å². The molecule has 0 saturated heterocycles. The second-order valence-electron chi connectivity index (χ2n) is 3.69. The molecule has 1 aliphatic carbocycles. The van der Waals surface area contributed by atoms with Crippen molar-refractivity contribution < 1.29 is 9.53 Å². The van der Waals surface area contributed by atoms with Crippen molar-refractivity contribution in [2.24, 2.45) is 5.73 Å². The molecule has 3 heteroatoms. The summed E-state index contributed by atoms with van der Waals surface area (Å²) in [5.41, 5.74) is 5.82. The molecule has 14 heavy (non-hydrogen) atoms. The Balaban J connectivity index is 2.35. The van der Waals surface area contributed by atoms with Crippen molar-refractivity contribution in [3.8, 4) is 5.75 Å². The Morgan fingerprint density at radius 2 is 2.07 bits per heavy atom. The first kappa shape index (κ1) is 9.21. The van der Waals surface area contributed by atoms with Crippen LogP contribution in [0.2, 0.25) is 0 Å². The van der Waals surface area contributed by atoms with Crippen molar-refractivity contribution in [1.29, 1.82) is 0 Å². The molecule has 0 bridgehead atoms. The number of para-hydroxylation sites is 1. The molecule has 0 atom stereocenters. The average Bonchev–Trinajstić information content (AvgIpc) is 2.97. The molecule has 3 nitrogen and oxygen atoms in total. The number of ether oxygens (including phenoxy) is 1. The normalized spacial score (nSPS) is 17.6. The maximum atomic E-state index is 11.9. The van der Waals surface area contributed by atoms with E-state index in [2.05, 4.69) is 0 Å². The van der Waals surface area contributed by atoms with Crippen LogP contribution < -0.4 is 10.5 Å². The van der Waals surface area contributed by atoms with Crippen molar-refractivity contribution in [1.82, 2.24) is 0 Å². The molecule has 1 saturated carbocycles. The van der Waals surface area contributed by atoms with Gasteiger partial charge in [0.2, 0.25) is 0 Å². The number of carbonyl (C=O) groups is 1. The van der Waals surface area contributed by atoms with Gasteiger partial charge in [-0.15, -0.1) is 0 Å². The number of hydrogen-bond donors (Lipinski definition) is 1. The molecule has 0 aromatic heterocycles. The summed E-state index contributed by atoms with van der Waals surface area (Å²) in [6, 6.07) is 7.19. The fourth-order valence-electron chi connectivity index (χ4n) is 1.46. The highest BCUT2D eigenvalue weighted by Gasteiger charge is 2.46. The fraction of sp³-hybridized carbons (Fsp3) is 0.364. The Hall–Kier alpha value is -1.35. The van der Waals surface area contributed by atoms with Gasteiger partial charge in [-0.1, -0.05) is 12.1 Å². The lowest BCUT2D eigenvalue weighted by molar-refractivity contribution is 0.0946. The summed E-state index contributed by atoms with van der Waals surface area (Å²) in [7, 11) is 1.56. The highest BCUT2D eigenvalue weighted by atomic mass is 16.5. The van der Waals surface area contributed by atoms with Crippen molar-refractivity contribution in [3.05, 3.63) is 29.8 Å². The molecule has 1 aliphatic rings. The first-order valence-electron chi connectivity index (χ1n) is 4.64. The van der Waals surface area contributed by atoms with Crippen LogP contribution in [0.4, 0.5) is 0 Å². The minimum absolute atomic E-state index is 0.00468. The third-order valence-electron chi connectivity index (χ3n) is 2.59. The number of methoxy groups -OCH3 is 1. The first-order chi connectivity index (χ1) is 6.67. The van der Waals surface area contributed by atoms with Crippen LogP contribution in [0.5, 0.6) is 5.75 Å². The number of ketones is 1. The van der Waals surface area contributed by atoms with Crippen LogP contribution in [-0.2, 0) is 0 Å². The van der Waals surface area contributed by atoms with Crippen LogP contribution >= 0.6 is 0 Å². The number of Topliss-reactive ketones (excluding diaryl/α,β-unsaturated/α-hetero) is 1. The maximum absolute atomic E-state index is 11.9. The van der Waals surface area contributed by atoms with E-state index < -0.39 is 5.54 Å². The van der Waals surface area contributed by atoms with Gasteiger partial charge in [0.1, 0.15) is 5.75 Å². The minimum atomic E-state index is -0.616. The molecule has 0 unspecified atom stereocenters. The van der Waals surface area contributed by atoms with Crippen molar-refractivity contribution in [2.75, 3.05) is 7.11 Å². The lowest BCUT2D eigenvalue weighted by Gasteiger charge is -2.10. The van der Waals surface area contributed by atoms with Gasteiger partial charge in [0.15, 0.2) is 5.78 Å². The topological polar surface area (TPSA) is 52.3 Å². The van der Waals surface area contributed by atoms with Gasteiger partial charge >= 0.3 is 0 Å². The summed E-state index contributed by atoms with van der Waals surface area (Å²) < 4.78 is 5.11. The van der Waals surface area contributed by atoms with Gasteiger partial charge in [-0.2, -0.15) is 0 Å². The molecule has 1 aromatic carbocycles. The van der Waals surface area contributed by atoms with Gasteiger partial charge < -0.3 is 10.5 Å². The highest BCUT2D eigenvalue weighted by molar-refractivity contribution is 6.06. The number of hydrogen-bond acceptors (Lipinski definition) is 3. The summed E-state index contributed by atoms with van der Waals surface area (Å²) in [5.74, 6) is 0.601. The molecule has 1 fully saturated rings. The lowest BCUT2D eigenvalue weighted by Crippen LogP contribution is -2.32. The zero-order valence-corrected chi connectivity index (χ0v) is 8.12. The van der Waals surface area contributed by atoms with Crippen LogP contribution in [0.25, 0.3) is 0 Å². The van der Waals surface area contributed by atoms with E-state index in [0.29, 0.717) is 11.3 Å². The molecule has 0 spiro atoms. The van der Waals surface area contributed by atoms with Crippen molar-refractivity contribution in [2.45, 2.75) is 18.4 Å². The number of benzene rings is 1. The molecular formula is C11H13NO2. The second-order valence-corrected chi connectivity index (χ2v) is 3.69. The number of nitrogens with two attached hydrogens (primary N) is 1. The molecule has 74 valence electrons. The summed E-state index contributed by atoms with van der Waals surface area (Å²) in [6.07, 6.45) is 1.56. The maximum Gasteiger partial charge on any atom is 0.186 e. The van der Waals surface area contributed by atoms with Crippen LogP contribution in [0.15, 0.2) is 24.3 Å². The van der Waals surface area contributed by atoms with E-state index >= 15 is 0 Å². The molecule has 1 aromatic rings. The average molecular weight is 191 g/mol. The Morgan fingerprint density at radius 3 is 2.64 bits per heavy atom. The number of rotatable bonds is 3. The summed E-state index contributed by atoms with van der Waals surface area (Å²) in [4.78, 5) is 11.9. The minimum Gasteiger partial charge on any atom is -0.496 e. The molecule has 0 radical (unpaired) electrons. The van der Waals surface area contributed by atoms with Crippen molar-refractivity contribution in [3.63, 3.8) is 0 Å². The van der Waals surface area contributed by atoms with E-state index in [9.17, 15) is 4.79 Å². The first-order valence-corrected chi connectivity index (χ1v) is 4.64. The SMILES string of the molecule is COc1ccccc1C(=O)C1(N)CC1. The molecular weight excluding hydrogens is 178 g/mol. The summed E-state index contributed by atoms with van der Waals surface area (Å²) in [6.45, 7) is 0. The van der Waals surface area contributed by atoms with Gasteiger partial charge in [-0.05, 0) is 25.0 Å². The highest BCUT2D eigenvalue weighted by Crippen LogP contribution is 2.37. The largest absolute Gasteiger partial charge is 0.496 e. The second kappa shape index (κ2) is 3.10. The Labute approximate surface area is 82.9 Å². The predicted molar refractivity (Wildman–Crippen MR) is 53.5 cm³/mol. The van der Waals surface area contributed by atoms with Gasteiger partial charge in [0.05, 0.1) is 18.2 Å². The summed E-state index contributed by atoms with van der Waals surface area (Å²) >= 11 is 0. The Morgan fingerprint density at radius 1 is 1.43 bits per heavy atom. The van der Waals surface area contributed by atoms with E-state index in [4.69, 9.17) is 10.5 Å². The fourth-order valence-corrected chi connectivity index (χ4v) is 1.46. The van der Waals surface area contributed by atoms with E-state index in [0.717, 1.165) is 12.8 Å². The van der Waals surface area contributed by atoms with Crippen LogP contribution in [0.1, 0.15) is 23.2 Å². The van der Waals surface area contributed by atoms with Gasteiger partial charge in [-0.3, -0.25) is 4.79 Å². The van der Waals surface area contributed by atoms with Gasteiger partial charge in [0, 0.05) is 0 Å². The third kappa shape index (κ3) is 1.40. The third-order valence-corrected chi connectivity index (χ3v) is 2.59. The van der Waals surface area contributed by atoms with E-state index in [1.165, 1.54) is 0 Å². The van der Waals surface area contributed by atoms with E-state index in [1.54, 1.807) is 19.2 Å². The molecule has 2 N–H and O–H groups in total. The standard InChI is InChI=1S/C11H13NO2/c1-14-9-5-3-2-4-8(9)10(13)11(12)6-7-11/h2-5H,6-7,12H2,1H3. The van der Waals surface area contributed by atoms with E-state index in [1.807, 2.05) is 12.1 Å². The quantitative estimate of drug-likeness (QED) is 0.734. The van der Waals surface area contributed by atoms with Gasteiger partial charge in [-0.25, -0.2) is 0 Å². The van der Waals surface area contributed by atoms with Gasteiger partial charge in [0.25, 0.3) is 0 Å². The molecule has 0 amide bonds. The predicted octanol–water partition coefficient (Wildman–Crippen LogP) is 1.37. The van der Waals surface area contributed by atoms with Crippen LogP contribution in [0, 0.1) is 0 Å².